The van der Waals surface area contributed by atoms with E-state index >= 15 is 0 Å². The average Bonchev–Trinajstić information content (AvgIpc) is 2.63. The number of amides is 2. The molecule has 0 bridgehead atoms. The van der Waals surface area contributed by atoms with Crippen LogP contribution in [0.1, 0.15) is 18.1 Å². The van der Waals surface area contributed by atoms with Crippen LogP contribution in [0, 0.1) is 17.0 Å². The second-order valence-electron chi connectivity index (χ2n) is 5.58. The summed E-state index contributed by atoms with van der Waals surface area (Å²) in [6, 6.07) is 9.12. The smallest absolute Gasteiger partial charge is 0.329 e. The lowest BCUT2D eigenvalue weighted by Gasteiger charge is -2.14. The van der Waals surface area contributed by atoms with Gasteiger partial charge in [-0.1, -0.05) is 12.1 Å². The van der Waals surface area contributed by atoms with Crippen molar-refractivity contribution in [3.05, 3.63) is 57.6 Å². The van der Waals surface area contributed by atoms with Crippen molar-refractivity contribution in [3.8, 4) is 11.5 Å². The number of nitro benzene ring substituents is 1. The fraction of sp³-hybridized carbons (Fsp3) is 0.167. The molecular weight excluding hydrogens is 368 g/mol. The fourth-order valence-electron chi connectivity index (χ4n) is 2.21. The van der Waals surface area contributed by atoms with Gasteiger partial charge in [-0.05, 0) is 37.6 Å². The van der Waals surface area contributed by atoms with Gasteiger partial charge in [-0.2, -0.15) is 5.10 Å². The molecule has 2 rings (SSSR count). The number of nitrogens with zero attached hydrogens (tertiary/aromatic N) is 2. The molecule has 0 aliphatic carbocycles. The molecule has 0 atom stereocenters. The molecule has 10 heteroatoms. The number of benzene rings is 2. The number of anilines is 1. The Bertz CT molecular complexity index is 942. The number of hydrogen-bond acceptors (Lipinski definition) is 7. The number of nitro groups is 1. The number of hydrogen-bond donors (Lipinski definition) is 2. The number of hydrazone groups is 1. The molecule has 0 spiro atoms. The van der Waals surface area contributed by atoms with Gasteiger partial charge in [0.05, 0.1) is 17.7 Å². The summed E-state index contributed by atoms with van der Waals surface area (Å²) in [4.78, 5) is 33.8. The normalized spacial score (nSPS) is 10.5. The van der Waals surface area contributed by atoms with Gasteiger partial charge in [0.25, 0.3) is 5.69 Å². The summed E-state index contributed by atoms with van der Waals surface area (Å²) in [6.07, 6.45) is 1.06. The average molecular weight is 385 g/mol. The van der Waals surface area contributed by atoms with Gasteiger partial charge in [0, 0.05) is 23.1 Å². The van der Waals surface area contributed by atoms with E-state index < -0.39 is 28.2 Å². The first-order valence-corrected chi connectivity index (χ1v) is 8.15. The monoisotopic (exact) mass is 385 g/mol. The van der Waals surface area contributed by atoms with Crippen molar-refractivity contribution in [2.45, 2.75) is 13.8 Å². The molecule has 0 saturated heterocycles. The van der Waals surface area contributed by atoms with E-state index in [1.807, 2.05) is 18.4 Å². The maximum atomic E-state index is 11.9. The van der Waals surface area contributed by atoms with E-state index in [4.69, 9.17) is 4.74 Å². The van der Waals surface area contributed by atoms with Crippen molar-refractivity contribution in [2.24, 2.45) is 5.10 Å². The highest BCUT2D eigenvalue weighted by Crippen LogP contribution is 2.34. The van der Waals surface area contributed by atoms with Crippen molar-refractivity contribution in [1.82, 2.24) is 5.43 Å². The molecule has 2 aromatic carbocycles. The maximum absolute atomic E-state index is 11.9. The van der Waals surface area contributed by atoms with Crippen molar-refractivity contribution in [1.29, 1.82) is 0 Å². The minimum atomic E-state index is -1.03. The third-order valence-electron chi connectivity index (χ3n) is 3.42. The topological polar surface area (TPSA) is 146 Å². The summed E-state index contributed by atoms with van der Waals surface area (Å²) >= 11 is 0. The molecule has 0 unspecified atom stereocenters. The molecule has 0 heterocycles. The third-order valence-corrected chi connectivity index (χ3v) is 3.42. The zero-order valence-corrected chi connectivity index (χ0v) is 15.1. The van der Waals surface area contributed by atoms with Crippen molar-refractivity contribution in [3.63, 3.8) is 0 Å². The first-order chi connectivity index (χ1) is 13.3. The van der Waals surface area contributed by atoms with Crippen LogP contribution in [-0.4, -0.2) is 29.6 Å². The predicted octanol–water partition coefficient (Wildman–Crippen LogP) is 1.46. The summed E-state index contributed by atoms with van der Waals surface area (Å²) in [6.45, 7) is 3.60. The van der Waals surface area contributed by atoms with Gasteiger partial charge in [-0.15, -0.1) is 0 Å². The zero-order chi connectivity index (χ0) is 20.7. The van der Waals surface area contributed by atoms with Crippen LogP contribution < -0.4 is 20.6 Å². The Morgan fingerprint density at radius 2 is 2.00 bits per heavy atom. The van der Waals surface area contributed by atoms with Gasteiger partial charge < -0.3 is 15.2 Å². The van der Waals surface area contributed by atoms with Crippen LogP contribution in [0.2, 0.25) is 0 Å². The Kier molecular flexibility index (Phi) is 6.63. The zero-order valence-electron chi connectivity index (χ0n) is 15.1. The molecule has 28 heavy (non-hydrogen) atoms. The number of ether oxygens (including phenoxy) is 1. The van der Waals surface area contributed by atoms with Crippen molar-refractivity contribution < 1.29 is 24.4 Å². The van der Waals surface area contributed by atoms with Gasteiger partial charge in [-0.3, -0.25) is 19.7 Å². The standard InChI is InChI=1S/C18H18N4O6/c1-3-28-15-9-12(8-14(16(15)23)22(26)27)10-19-21-18(25)17(24)20-13-6-4-5-11(2)7-13/h4-10,23H,3H2,1-2H3,(H,20,24)(H,21,25)/p-1/b19-10-. The van der Waals surface area contributed by atoms with E-state index in [0.29, 0.717) is 5.69 Å². The lowest BCUT2D eigenvalue weighted by Crippen LogP contribution is -2.32. The van der Waals surface area contributed by atoms with Crippen molar-refractivity contribution in [2.75, 3.05) is 11.9 Å². The van der Waals surface area contributed by atoms with Crippen LogP contribution >= 0.6 is 0 Å². The third kappa shape index (κ3) is 5.27. The Labute approximate surface area is 160 Å². The highest BCUT2D eigenvalue weighted by atomic mass is 16.6. The SMILES string of the molecule is CCOc1cc(/C=N\NC(=O)C(=O)Nc2cccc(C)c2)cc([N+](=O)[O-])c1[O-]. The molecule has 0 fully saturated rings. The van der Waals surface area contributed by atoms with Crippen LogP contribution in [0.15, 0.2) is 41.5 Å². The van der Waals surface area contributed by atoms with Crippen molar-refractivity contribution >= 4 is 29.4 Å². The van der Waals surface area contributed by atoms with Crippen LogP contribution in [0.4, 0.5) is 11.4 Å². The van der Waals surface area contributed by atoms with Gasteiger partial charge >= 0.3 is 11.8 Å². The largest absolute Gasteiger partial charge is 0.865 e. The van der Waals surface area contributed by atoms with Crippen LogP contribution in [0.5, 0.6) is 11.5 Å². The highest BCUT2D eigenvalue weighted by molar-refractivity contribution is 6.39. The molecule has 10 nitrogen and oxygen atoms in total. The number of carbonyl (C=O) groups is 2. The number of aryl methyl sites for hydroxylation is 1. The first-order valence-electron chi connectivity index (χ1n) is 8.15. The Morgan fingerprint density at radius 3 is 2.64 bits per heavy atom. The lowest BCUT2D eigenvalue weighted by molar-refractivity contribution is -0.398. The second kappa shape index (κ2) is 9.12. The van der Waals surface area contributed by atoms with Crippen LogP contribution in [0.3, 0.4) is 0 Å². The highest BCUT2D eigenvalue weighted by Gasteiger charge is 2.14. The van der Waals surface area contributed by atoms with Crippen LogP contribution in [0.25, 0.3) is 0 Å². The van der Waals surface area contributed by atoms with E-state index in [0.717, 1.165) is 17.8 Å². The minimum absolute atomic E-state index is 0.142. The summed E-state index contributed by atoms with van der Waals surface area (Å²) in [5, 5.41) is 28.9. The Hall–Kier alpha value is -3.95. The fourth-order valence-corrected chi connectivity index (χ4v) is 2.21. The minimum Gasteiger partial charge on any atom is -0.865 e. The molecule has 0 aliphatic heterocycles. The van der Waals surface area contributed by atoms with Gasteiger partial charge in [0.15, 0.2) is 0 Å². The van der Waals surface area contributed by atoms with E-state index in [1.54, 1.807) is 25.1 Å². The molecular formula is C18H17N4O6-. The summed E-state index contributed by atoms with van der Waals surface area (Å²) < 4.78 is 5.08. The van der Waals surface area contributed by atoms with E-state index in [1.165, 1.54) is 6.07 Å². The van der Waals surface area contributed by atoms with Gasteiger partial charge in [0.2, 0.25) is 0 Å². The second-order valence-corrected chi connectivity index (χ2v) is 5.58. The number of carbonyl (C=O) groups excluding carboxylic acids is 2. The molecule has 2 aromatic rings. The Balaban J connectivity index is 2.07. The van der Waals surface area contributed by atoms with Gasteiger partial charge in [0.1, 0.15) is 5.75 Å². The summed E-state index contributed by atoms with van der Waals surface area (Å²) in [7, 11) is 0. The molecule has 0 aromatic heterocycles. The predicted molar refractivity (Wildman–Crippen MR) is 99.3 cm³/mol. The number of rotatable bonds is 6. The summed E-state index contributed by atoms with van der Waals surface area (Å²) in [5.74, 6) is -3.02. The van der Waals surface area contributed by atoms with Crippen LogP contribution in [-0.2, 0) is 9.59 Å². The molecule has 0 radical (unpaired) electrons. The van der Waals surface area contributed by atoms with E-state index in [-0.39, 0.29) is 17.9 Å². The first kappa shape index (κ1) is 20.4. The molecule has 0 saturated carbocycles. The number of nitrogens with one attached hydrogen (secondary N) is 2. The van der Waals surface area contributed by atoms with E-state index in [9.17, 15) is 24.8 Å². The molecule has 0 aliphatic rings. The molecule has 146 valence electrons. The lowest BCUT2D eigenvalue weighted by atomic mass is 10.2. The van der Waals surface area contributed by atoms with Gasteiger partial charge in [-0.25, -0.2) is 5.43 Å². The molecule has 2 amide bonds. The Morgan fingerprint density at radius 1 is 1.25 bits per heavy atom. The quantitative estimate of drug-likeness (QED) is 0.333. The van der Waals surface area contributed by atoms with E-state index in [2.05, 4.69) is 10.4 Å². The summed E-state index contributed by atoms with van der Waals surface area (Å²) in [5.41, 5.74) is 2.83. The molecule has 2 N–H and O–H groups in total. The maximum Gasteiger partial charge on any atom is 0.329 e.